The van der Waals surface area contributed by atoms with Crippen LogP contribution in [0.2, 0.25) is 5.02 Å². The lowest BCUT2D eigenvalue weighted by atomic mass is 10.2. The first-order valence-corrected chi connectivity index (χ1v) is 8.22. The maximum Gasteiger partial charge on any atom is 0.260 e. The first-order chi connectivity index (χ1) is 10.7. The van der Waals surface area contributed by atoms with Gasteiger partial charge in [-0.1, -0.05) is 23.7 Å². The zero-order valence-corrected chi connectivity index (χ0v) is 13.4. The Bertz CT molecular complexity index is 520. The van der Waals surface area contributed by atoms with Crippen LogP contribution in [-0.2, 0) is 4.79 Å². The smallest absolute Gasteiger partial charge is 0.260 e. The highest BCUT2D eigenvalue weighted by Crippen LogP contribution is 2.23. The summed E-state index contributed by atoms with van der Waals surface area (Å²) in [6.07, 6.45) is 1.05. The van der Waals surface area contributed by atoms with Crippen molar-refractivity contribution in [2.24, 2.45) is 0 Å². The molecule has 3 rings (SSSR count). The second-order valence-corrected chi connectivity index (χ2v) is 6.19. The highest BCUT2D eigenvalue weighted by atomic mass is 35.5. The number of amides is 1. The van der Waals surface area contributed by atoms with Gasteiger partial charge in [-0.25, -0.2) is 0 Å². The Morgan fingerprint density at radius 3 is 2.82 bits per heavy atom. The van der Waals surface area contributed by atoms with Crippen molar-refractivity contribution in [2.45, 2.75) is 12.5 Å². The van der Waals surface area contributed by atoms with Crippen LogP contribution < -0.4 is 10.1 Å². The van der Waals surface area contributed by atoms with Gasteiger partial charge in [0.15, 0.2) is 6.61 Å². The van der Waals surface area contributed by atoms with Gasteiger partial charge >= 0.3 is 0 Å². The number of rotatable bonds is 4. The van der Waals surface area contributed by atoms with Gasteiger partial charge < -0.3 is 15.0 Å². The highest BCUT2D eigenvalue weighted by molar-refractivity contribution is 6.32. The van der Waals surface area contributed by atoms with Crippen molar-refractivity contribution in [3.05, 3.63) is 29.3 Å². The third kappa shape index (κ3) is 3.72. The lowest BCUT2D eigenvalue weighted by Crippen LogP contribution is -2.49. The molecule has 1 N–H and O–H groups in total. The molecule has 0 bridgehead atoms. The minimum absolute atomic E-state index is 0.0394. The largest absolute Gasteiger partial charge is 0.482 e. The normalized spacial score (nSPS) is 22.8. The van der Waals surface area contributed by atoms with Gasteiger partial charge in [0.2, 0.25) is 0 Å². The average molecular weight is 324 g/mol. The summed E-state index contributed by atoms with van der Waals surface area (Å²) >= 11 is 6.03. The molecule has 6 heteroatoms. The number of ether oxygens (including phenoxy) is 1. The number of para-hydroxylation sites is 1. The van der Waals surface area contributed by atoms with Crippen LogP contribution in [0, 0.1) is 0 Å². The Kier molecular flexibility index (Phi) is 5.18. The molecule has 2 saturated heterocycles. The molecule has 0 saturated carbocycles. The predicted octanol–water partition coefficient (Wildman–Crippen LogP) is 1.22. The van der Waals surface area contributed by atoms with Crippen molar-refractivity contribution in [1.82, 2.24) is 15.1 Å². The van der Waals surface area contributed by atoms with E-state index in [1.807, 2.05) is 17.0 Å². The molecule has 1 amide bonds. The van der Waals surface area contributed by atoms with Gasteiger partial charge in [0, 0.05) is 45.3 Å². The number of likely N-dealkylation sites (tertiary alicyclic amines) is 1. The minimum Gasteiger partial charge on any atom is -0.482 e. The molecule has 2 aliphatic rings. The van der Waals surface area contributed by atoms with Gasteiger partial charge in [0.05, 0.1) is 5.02 Å². The topological polar surface area (TPSA) is 44.8 Å². The SMILES string of the molecule is O=C(COc1ccccc1Cl)N1CCC(N2CCNCC2)C1. The lowest BCUT2D eigenvalue weighted by Gasteiger charge is -2.32. The molecule has 1 unspecified atom stereocenters. The van der Waals surface area contributed by atoms with Crippen molar-refractivity contribution in [1.29, 1.82) is 0 Å². The summed E-state index contributed by atoms with van der Waals surface area (Å²) in [4.78, 5) is 16.7. The summed E-state index contributed by atoms with van der Waals surface area (Å²) < 4.78 is 5.54. The van der Waals surface area contributed by atoms with Gasteiger partial charge in [-0.2, -0.15) is 0 Å². The van der Waals surface area contributed by atoms with E-state index in [1.165, 1.54) is 0 Å². The number of halogens is 1. The molecular formula is C16H22ClN3O2. The van der Waals surface area contributed by atoms with E-state index in [0.29, 0.717) is 16.8 Å². The van der Waals surface area contributed by atoms with Gasteiger partial charge in [-0.05, 0) is 18.6 Å². The summed E-state index contributed by atoms with van der Waals surface area (Å²) in [7, 11) is 0. The third-order valence-electron chi connectivity index (χ3n) is 4.37. The zero-order chi connectivity index (χ0) is 15.4. The Balaban J connectivity index is 1.48. The summed E-state index contributed by atoms with van der Waals surface area (Å²) in [5.74, 6) is 0.605. The number of nitrogens with zero attached hydrogens (tertiary/aromatic N) is 2. The van der Waals surface area contributed by atoms with Crippen LogP contribution in [0.15, 0.2) is 24.3 Å². The lowest BCUT2D eigenvalue weighted by molar-refractivity contribution is -0.132. The number of hydrogen-bond acceptors (Lipinski definition) is 4. The fourth-order valence-corrected chi connectivity index (χ4v) is 3.30. The summed E-state index contributed by atoms with van der Waals surface area (Å²) in [6, 6.07) is 7.73. The molecule has 2 heterocycles. The van der Waals surface area contributed by atoms with Crippen molar-refractivity contribution in [2.75, 3.05) is 45.9 Å². The van der Waals surface area contributed by atoms with Crippen molar-refractivity contribution < 1.29 is 9.53 Å². The van der Waals surface area contributed by atoms with E-state index in [-0.39, 0.29) is 12.5 Å². The number of nitrogens with one attached hydrogen (secondary N) is 1. The first-order valence-electron chi connectivity index (χ1n) is 7.84. The summed E-state index contributed by atoms with van der Waals surface area (Å²) in [5.41, 5.74) is 0. The number of carbonyl (C=O) groups is 1. The molecular weight excluding hydrogens is 302 g/mol. The fourth-order valence-electron chi connectivity index (χ4n) is 3.11. The van der Waals surface area contributed by atoms with Crippen molar-refractivity contribution in [3.8, 4) is 5.75 Å². The van der Waals surface area contributed by atoms with Gasteiger partial charge in [-0.3, -0.25) is 9.69 Å². The van der Waals surface area contributed by atoms with Crippen molar-refractivity contribution >= 4 is 17.5 Å². The van der Waals surface area contributed by atoms with E-state index in [4.69, 9.17) is 16.3 Å². The molecule has 2 fully saturated rings. The second-order valence-electron chi connectivity index (χ2n) is 5.79. The molecule has 120 valence electrons. The monoisotopic (exact) mass is 323 g/mol. The zero-order valence-electron chi connectivity index (χ0n) is 12.6. The van der Waals surface area contributed by atoms with E-state index >= 15 is 0 Å². The Morgan fingerprint density at radius 2 is 2.05 bits per heavy atom. The molecule has 0 radical (unpaired) electrons. The number of carbonyl (C=O) groups excluding carboxylic acids is 1. The van der Waals surface area contributed by atoms with E-state index < -0.39 is 0 Å². The predicted molar refractivity (Wildman–Crippen MR) is 86.4 cm³/mol. The molecule has 0 aromatic heterocycles. The van der Waals surface area contributed by atoms with Crippen LogP contribution in [-0.4, -0.2) is 67.6 Å². The number of benzene rings is 1. The van der Waals surface area contributed by atoms with E-state index in [1.54, 1.807) is 12.1 Å². The Labute approximate surface area is 136 Å². The first kappa shape index (κ1) is 15.6. The molecule has 2 aliphatic heterocycles. The van der Waals surface area contributed by atoms with E-state index in [9.17, 15) is 4.79 Å². The molecule has 0 aliphatic carbocycles. The van der Waals surface area contributed by atoms with Crippen LogP contribution in [0.25, 0.3) is 0 Å². The van der Waals surface area contributed by atoms with Gasteiger partial charge in [0.25, 0.3) is 5.91 Å². The van der Waals surface area contributed by atoms with Gasteiger partial charge in [-0.15, -0.1) is 0 Å². The summed E-state index contributed by atoms with van der Waals surface area (Å²) in [6.45, 7) is 5.91. The number of piperazine rings is 1. The van der Waals surface area contributed by atoms with E-state index in [2.05, 4.69) is 10.2 Å². The molecule has 1 aromatic rings. The van der Waals surface area contributed by atoms with Gasteiger partial charge in [0.1, 0.15) is 5.75 Å². The average Bonchev–Trinajstić information content (AvgIpc) is 3.05. The quantitative estimate of drug-likeness (QED) is 0.905. The van der Waals surface area contributed by atoms with Crippen LogP contribution in [0.4, 0.5) is 0 Å². The molecule has 0 spiro atoms. The van der Waals surface area contributed by atoms with E-state index in [0.717, 1.165) is 45.7 Å². The molecule has 1 atom stereocenters. The minimum atomic E-state index is 0.0394. The standard InChI is InChI=1S/C16H22ClN3O2/c17-14-3-1-2-4-15(14)22-12-16(21)20-8-5-13(11-20)19-9-6-18-7-10-19/h1-4,13,18H,5-12H2. The maximum absolute atomic E-state index is 12.3. The fraction of sp³-hybridized carbons (Fsp3) is 0.562. The van der Waals surface area contributed by atoms with Crippen LogP contribution in [0.1, 0.15) is 6.42 Å². The maximum atomic E-state index is 12.3. The molecule has 5 nitrogen and oxygen atoms in total. The van der Waals surface area contributed by atoms with Crippen molar-refractivity contribution in [3.63, 3.8) is 0 Å². The van der Waals surface area contributed by atoms with Crippen LogP contribution in [0.3, 0.4) is 0 Å². The number of hydrogen-bond donors (Lipinski definition) is 1. The Hall–Kier alpha value is -1.30. The molecule has 22 heavy (non-hydrogen) atoms. The molecule has 1 aromatic carbocycles. The Morgan fingerprint density at radius 1 is 1.27 bits per heavy atom. The summed E-state index contributed by atoms with van der Waals surface area (Å²) in [5, 5.41) is 3.90. The van der Waals surface area contributed by atoms with Crippen LogP contribution in [0.5, 0.6) is 5.75 Å². The third-order valence-corrected chi connectivity index (χ3v) is 4.68. The highest BCUT2D eigenvalue weighted by Gasteiger charge is 2.30. The van der Waals surface area contributed by atoms with Crippen LogP contribution >= 0.6 is 11.6 Å². The second kappa shape index (κ2) is 7.31.